The summed E-state index contributed by atoms with van der Waals surface area (Å²) in [6, 6.07) is 0. The van der Waals surface area contributed by atoms with Gasteiger partial charge in [0.1, 0.15) is 0 Å². The Morgan fingerprint density at radius 3 is 2.04 bits per heavy atom. The van der Waals surface area contributed by atoms with E-state index in [0.29, 0.717) is 6.61 Å². The molecule has 0 aliphatic carbocycles. The molecule has 0 bridgehead atoms. The predicted octanol–water partition coefficient (Wildman–Crippen LogP) is 3.48. The summed E-state index contributed by atoms with van der Waals surface area (Å²) in [5, 5.41) is 11.8. The molecule has 1 heterocycles. The van der Waals surface area contributed by atoms with Gasteiger partial charge in [-0.1, -0.05) is 24.8 Å². The summed E-state index contributed by atoms with van der Waals surface area (Å²) in [4.78, 5) is 12.9. The molecule has 6 heteroatoms. The molecule has 2 rings (SSSR count). The van der Waals surface area contributed by atoms with Crippen molar-refractivity contribution in [2.75, 3.05) is 13.7 Å². The fourth-order valence-corrected chi connectivity index (χ4v) is 6.44. The van der Waals surface area contributed by atoms with Crippen LogP contribution in [-0.4, -0.2) is 38.5 Å². The number of benzene rings is 1. The van der Waals surface area contributed by atoms with E-state index in [2.05, 4.69) is 38.8 Å². The Kier molecular flexibility index (Phi) is 8.44. The molecule has 0 aromatic heterocycles. The number of esters is 1. The first-order valence-corrected chi connectivity index (χ1v) is 13.5. The topological polar surface area (TPSA) is 67.8 Å². The van der Waals surface area contributed by atoms with E-state index >= 15 is 0 Å². The average Bonchev–Trinajstić information content (AvgIpc) is 3.06. The third-order valence-corrected chi connectivity index (χ3v) is 7.05. The summed E-state index contributed by atoms with van der Waals surface area (Å²) in [7, 11) is -0.719. The zero-order valence-corrected chi connectivity index (χ0v) is 20.4. The second kappa shape index (κ2) is 9.52. The fourth-order valence-electron chi connectivity index (χ4n) is 4.04. The summed E-state index contributed by atoms with van der Waals surface area (Å²) in [6.07, 6.45) is -0.679. The molecule has 1 aliphatic rings. The zero-order valence-electron chi connectivity index (χ0n) is 19.4. The van der Waals surface area contributed by atoms with E-state index in [1.54, 1.807) is 0 Å². The van der Waals surface area contributed by atoms with E-state index in [-0.39, 0.29) is 5.97 Å². The van der Waals surface area contributed by atoms with Crippen molar-refractivity contribution in [3.8, 4) is 0 Å². The molecule has 5 nitrogen and oxygen atoms in total. The lowest BCUT2D eigenvalue weighted by Gasteiger charge is -2.34. The quantitative estimate of drug-likeness (QED) is 0.576. The van der Waals surface area contributed by atoms with Crippen LogP contribution in [0.15, 0.2) is 0 Å². The summed E-state index contributed by atoms with van der Waals surface area (Å²) in [5.41, 5.74) is 5.86. The van der Waals surface area contributed by atoms with Crippen molar-refractivity contribution in [1.29, 1.82) is 0 Å². The Balaban J connectivity index is 0.00000190. The van der Waals surface area contributed by atoms with Crippen LogP contribution in [0.1, 0.15) is 61.6 Å². The maximum absolute atomic E-state index is 12.9. The SMILES string of the molecule is CCOC(=O)[C@@H](OC(C)(C)C)c1c(C)c2c(c(C)c1[Si](C)(C)C)CNC2.CO. The minimum absolute atomic E-state index is 0.282. The number of carbonyl (C=O) groups excluding carboxylic acids is 1. The Morgan fingerprint density at radius 1 is 1.11 bits per heavy atom. The Bertz CT molecular complexity index is 702. The highest BCUT2D eigenvalue weighted by Crippen LogP contribution is 2.34. The standard InChI is InChI=1S/C21H35NO3Si.CH4O/c1-10-24-20(23)18(25-21(4,5)6)17-13(2)15-11-22-12-16(15)14(3)19(17)26(7,8)9;1-2/h18,22H,10-12H2,1-9H3;2H,1H3/t18-;/m0./s1. The van der Waals surface area contributed by atoms with E-state index in [9.17, 15) is 4.79 Å². The van der Waals surface area contributed by atoms with Gasteiger partial charge in [0.2, 0.25) is 0 Å². The minimum atomic E-state index is -1.72. The van der Waals surface area contributed by atoms with E-state index in [0.717, 1.165) is 25.8 Å². The van der Waals surface area contributed by atoms with Crippen LogP contribution in [0.4, 0.5) is 0 Å². The number of aliphatic hydroxyl groups is 1. The predicted molar refractivity (Wildman–Crippen MR) is 118 cm³/mol. The molecule has 1 aliphatic heterocycles. The fraction of sp³-hybridized carbons (Fsp3) is 0.682. The lowest BCUT2D eigenvalue weighted by molar-refractivity contribution is -0.166. The second-order valence-corrected chi connectivity index (χ2v) is 14.2. The molecule has 1 aromatic carbocycles. The highest BCUT2D eigenvalue weighted by Gasteiger charge is 2.38. The maximum atomic E-state index is 12.9. The zero-order chi connectivity index (χ0) is 21.9. The van der Waals surface area contributed by atoms with Gasteiger partial charge >= 0.3 is 5.97 Å². The first-order valence-electron chi connectivity index (χ1n) is 10.0. The molecule has 0 radical (unpaired) electrons. The molecule has 0 saturated heterocycles. The van der Waals surface area contributed by atoms with Crippen LogP contribution in [0.2, 0.25) is 19.6 Å². The molecule has 0 unspecified atom stereocenters. The van der Waals surface area contributed by atoms with Gasteiger partial charge in [-0.15, -0.1) is 0 Å². The molecule has 160 valence electrons. The van der Waals surface area contributed by atoms with Gasteiger partial charge in [0.05, 0.1) is 20.3 Å². The summed E-state index contributed by atoms with van der Waals surface area (Å²) in [6.45, 7) is 21.3. The van der Waals surface area contributed by atoms with E-state index in [4.69, 9.17) is 14.6 Å². The molecule has 0 amide bonds. The van der Waals surface area contributed by atoms with Gasteiger partial charge in [-0.2, -0.15) is 0 Å². The molecule has 1 aromatic rings. The first-order chi connectivity index (χ1) is 12.9. The van der Waals surface area contributed by atoms with Crippen LogP contribution < -0.4 is 10.5 Å². The van der Waals surface area contributed by atoms with Gasteiger partial charge in [-0.05, 0) is 69.4 Å². The van der Waals surface area contributed by atoms with Crippen LogP contribution in [0.3, 0.4) is 0 Å². The van der Waals surface area contributed by atoms with Crippen molar-refractivity contribution in [3.63, 3.8) is 0 Å². The van der Waals surface area contributed by atoms with E-state index in [1.807, 2.05) is 27.7 Å². The Morgan fingerprint density at radius 2 is 1.61 bits per heavy atom. The third kappa shape index (κ3) is 5.44. The van der Waals surface area contributed by atoms with Crippen LogP contribution in [0, 0.1) is 13.8 Å². The normalized spacial score (nSPS) is 14.8. The molecule has 0 fully saturated rings. The summed E-state index contributed by atoms with van der Waals surface area (Å²) < 4.78 is 11.7. The number of aliphatic hydroxyl groups excluding tert-OH is 1. The minimum Gasteiger partial charge on any atom is -0.464 e. The van der Waals surface area contributed by atoms with Crippen LogP contribution in [-0.2, 0) is 27.4 Å². The number of hydrogen-bond acceptors (Lipinski definition) is 5. The van der Waals surface area contributed by atoms with Crippen molar-refractivity contribution < 1.29 is 19.4 Å². The van der Waals surface area contributed by atoms with Crippen molar-refractivity contribution in [3.05, 3.63) is 27.8 Å². The number of fused-ring (bicyclic) bond motifs is 1. The Labute approximate surface area is 171 Å². The van der Waals surface area contributed by atoms with Crippen molar-refractivity contribution in [2.24, 2.45) is 0 Å². The number of nitrogens with one attached hydrogen (secondary N) is 1. The molecule has 0 saturated carbocycles. The molecule has 1 atom stereocenters. The van der Waals surface area contributed by atoms with Gasteiger partial charge in [-0.25, -0.2) is 4.79 Å². The smallest absolute Gasteiger partial charge is 0.339 e. The van der Waals surface area contributed by atoms with Crippen molar-refractivity contribution in [2.45, 2.75) is 86.0 Å². The number of rotatable bonds is 5. The van der Waals surface area contributed by atoms with Gasteiger partial charge in [0.25, 0.3) is 0 Å². The summed E-state index contributed by atoms with van der Waals surface area (Å²) in [5.74, 6) is -0.282. The van der Waals surface area contributed by atoms with Gasteiger partial charge in [-0.3, -0.25) is 0 Å². The van der Waals surface area contributed by atoms with Crippen LogP contribution in [0.5, 0.6) is 0 Å². The number of carbonyl (C=O) groups is 1. The van der Waals surface area contributed by atoms with Gasteiger partial charge in [0, 0.05) is 20.2 Å². The highest BCUT2D eigenvalue weighted by molar-refractivity contribution is 6.89. The van der Waals surface area contributed by atoms with Gasteiger partial charge < -0.3 is 19.9 Å². The van der Waals surface area contributed by atoms with E-state index < -0.39 is 19.8 Å². The lowest BCUT2D eigenvalue weighted by Crippen LogP contribution is -2.46. The third-order valence-electron chi connectivity index (χ3n) is 4.91. The average molecular weight is 410 g/mol. The van der Waals surface area contributed by atoms with E-state index in [1.165, 1.54) is 27.4 Å². The van der Waals surface area contributed by atoms with Crippen molar-refractivity contribution in [1.82, 2.24) is 5.32 Å². The molecular formula is C22H39NO4Si. The number of ether oxygens (including phenoxy) is 2. The molecule has 2 N–H and O–H groups in total. The number of hydrogen-bond donors (Lipinski definition) is 2. The van der Waals surface area contributed by atoms with Crippen LogP contribution >= 0.6 is 0 Å². The van der Waals surface area contributed by atoms with Crippen LogP contribution in [0.25, 0.3) is 0 Å². The highest BCUT2D eigenvalue weighted by atomic mass is 28.3. The molecule has 28 heavy (non-hydrogen) atoms. The Hall–Kier alpha value is -1.21. The maximum Gasteiger partial charge on any atom is 0.339 e. The molecular weight excluding hydrogens is 370 g/mol. The van der Waals surface area contributed by atoms with Gasteiger partial charge in [0.15, 0.2) is 6.10 Å². The summed E-state index contributed by atoms with van der Waals surface area (Å²) >= 11 is 0. The molecule has 0 spiro atoms. The lowest BCUT2D eigenvalue weighted by atomic mass is 9.91. The second-order valence-electron chi connectivity index (χ2n) is 9.21. The monoisotopic (exact) mass is 409 g/mol. The van der Waals surface area contributed by atoms with Crippen molar-refractivity contribution >= 4 is 19.2 Å². The largest absolute Gasteiger partial charge is 0.464 e. The first kappa shape index (κ1) is 24.8.